The number of nitrogens with one attached hydrogen (secondary N) is 1. The van der Waals surface area contributed by atoms with E-state index < -0.39 is 29.7 Å². The molecule has 4 N–H and O–H groups in total. The highest BCUT2D eigenvalue weighted by molar-refractivity contribution is 14.1. The first kappa shape index (κ1) is 33.6. The maximum absolute atomic E-state index is 14.0. The number of carbonyl (C=O) groups is 2. The molecule has 3 aromatic rings. The Balaban J connectivity index is 1.87. The van der Waals surface area contributed by atoms with Gasteiger partial charge in [0, 0.05) is 46.9 Å². The lowest BCUT2D eigenvalue weighted by molar-refractivity contribution is 0.0351. The lowest BCUT2D eigenvalue weighted by atomic mass is 9.98. The van der Waals surface area contributed by atoms with Crippen LogP contribution in [0.25, 0.3) is 0 Å². The van der Waals surface area contributed by atoms with Gasteiger partial charge in [0.15, 0.2) is 0 Å². The van der Waals surface area contributed by atoms with Gasteiger partial charge in [-0.2, -0.15) is 0 Å². The van der Waals surface area contributed by atoms with Crippen LogP contribution in [0.3, 0.4) is 0 Å². The zero-order valence-corrected chi connectivity index (χ0v) is 26.4. The first-order valence-corrected chi connectivity index (χ1v) is 15.2. The molecule has 0 spiro atoms. The Bertz CT molecular complexity index is 1350. The predicted octanol–water partition coefficient (Wildman–Crippen LogP) is 5.22. The Hall–Kier alpha value is -2.93. The van der Waals surface area contributed by atoms with Crippen molar-refractivity contribution >= 4 is 34.4 Å². The maximum atomic E-state index is 14.0. The van der Waals surface area contributed by atoms with Crippen LogP contribution in [0.1, 0.15) is 64.1 Å². The second-order valence-electron chi connectivity index (χ2n) is 10.5. The molecule has 2 atom stereocenters. The van der Waals surface area contributed by atoms with Crippen molar-refractivity contribution in [2.75, 3.05) is 19.6 Å². The van der Waals surface area contributed by atoms with Gasteiger partial charge in [-0.25, -0.2) is 14.6 Å². The molecule has 0 unspecified atom stereocenters. The summed E-state index contributed by atoms with van der Waals surface area (Å²) in [5.41, 5.74) is 2.51. The van der Waals surface area contributed by atoms with Gasteiger partial charge in [0.25, 0.3) is 11.8 Å². The van der Waals surface area contributed by atoms with E-state index in [4.69, 9.17) is 5.84 Å². The van der Waals surface area contributed by atoms with Crippen molar-refractivity contribution in [2.45, 2.75) is 58.7 Å². The minimum Gasteiger partial charge on any atom is -0.390 e. The SMILES string of the molecule is CCCN(CCC)C(=O)c1cc(C)cc(C(=O)N(N)[C@@H](Cc2cc(F)cc(F)c2)[C@H](O)CNCc2cccc(I)c2)c1. The van der Waals surface area contributed by atoms with Gasteiger partial charge in [-0.3, -0.25) is 14.6 Å². The number of aryl methyl sites for hydroxylation is 1. The summed E-state index contributed by atoms with van der Waals surface area (Å²) in [6.07, 6.45) is 0.333. The molecule has 0 aliphatic rings. The van der Waals surface area contributed by atoms with Crippen LogP contribution in [0.4, 0.5) is 8.78 Å². The molecule has 10 heteroatoms. The minimum absolute atomic E-state index is 0.0649. The van der Waals surface area contributed by atoms with E-state index in [1.54, 1.807) is 24.0 Å². The molecule has 226 valence electrons. The first-order chi connectivity index (χ1) is 20.0. The number of amides is 2. The molecular formula is C32H39F2IN4O3. The Labute approximate surface area is 260 Å². The van der Waals surface area contributed by atoms with E-state index in [1.807, 2.05) is 38.1 Å². The van der Waals surface area contributed by atoms with Gasteiger partial charge in [-0.15, -0.1) is 0 Å². The zero-order chi connectivity index (χ0) is 30.8. The van der Waals surface area contributed by atoms with Crippen LogP contribution in [0.15, 0.2) is 60.7 Å². The van der Waals surface area contributed by atoms with E-state index in [1.165, 1.54) is 6.07 Å². The van der Waals surface area contributed by atoms with E-state index >= 15 is 0 Å². The smallest absolute Gasteiger partial charge is 0.268 e. The number of nitrogens with two attached hydrogens (primary N) is 1. The number of nitrogens with zero attached hydrogens (tertiary/aromatic N) is 2. The summed E-state index contributed by atoms with van der Waals surface area (Å²) in [5, 5.41) is 15.3. The summed E-state index contributed by atoms with van der Waals surface area (Å²) in [4.78, 5) is 28.7. The van der Waals surface area contributed by atoms with E-state index in [0.717, 1.165) is 45.2 Å². The zero-order valence-electron chi connectivity index (χ0n) is 24.2. The van der Waals surface area contributed by atoms with Crippen molar-refractivity contribution in [3.8, 4) is 0 Å². The normalized spacial score (nSPS) is 12.6. The van der Waals surface area contributed by atoms with E-state index in [9.17, 15) is 23.5 Å². The van der Waals surface area contributed by atoms with Crippen LogP contribution in [0.5, 0.6) is 0 Å². The number of benzene rings is 3. The average Bonchev–Trinajstić information content (AvgIpc) is 2.93. The highest BCUT2D eigenvalue weighted by Crippen LogP contribution is 2.19. The van der Waals surface area contributed by atoms with Crippen molar-refractivity contribution < 1.29 is 23.5 Å². The summed E-state index contributed by atoms with van der Waals surface area (Å²) in [6, 6.07) is 14.8. The largest absolute Gasteiger partial charge is 0.390 e. The molecule has 7 nitrogen and oxygen atoms in total. The molecule has 0 heterocycles. The fourth-order valence-corrected chi connectivity index (χ4v) is 5.51. The van der Waals surface area contributed by atoms with E-state index in [-0.39, 0.29) is 30.0 Å². The number of halogens is 3. The Morgan fingerprint density at radius 2 is 1.55 bits per heavy atom. The fourth-order valence-electron chi connectivity index (χ4n) is 4.90. The lowest BCUT2D eigenvalue weighted by Gasteiger charge is -2.32. The van der Waals surface area contributed by atoms with Crippen LogP contribution in [-0.4, -0.2) is 58.6 Å². The third kappa shape index (κ3) is 9.55. The highest BCUT2D eigenvalue weighted by atomic mass is 127. The molecular weight excluding hydrogens is 653 g/mol. The maximum Gasteiger partial charge on any atom is 0.268 e. The van der Waals surface area contributed by atoms with Crippen molar-refractivity contribution in [1.29, 1.82) is 0 Å². The number of rotatable bonds is 14. The van der Waals surface area contributed by atoms with E-state index in [2.05, 4.69) is 27.9 Å². The van der Waals surface area contributed by atoms with Crippen LogP contribution in [0.2, 0.25) is 0 Å². The minimum atomic E-state index is -1.18. The summed E-state index contributed by atoms with van der Waals surface area (Å²) < 4.78 is 29.1. The van der Waals surface area contributed by atoms with Crippen LogP contribution in [-0.2, 0) is 13.0 Å². The standard InChI is InChI=1S/C32H39F2IN4O3/c1-4-9-38(10-5-2)31(41)24-11-21(3)12-25(17-24)32(42)39(36)29(16-23-13-26(33)18-27(34)14-23)30(40)20-37-19-22-7-6-8-28(35)15-22/h6-8,11-15,17-18,29-30,37,40H,4-5,9-10,16,19-20,36H2,1-3H3/t29-,30+/m0/s1. The van der Waals surface area contributed by atoms with Gasteiger partial charge < -0.3 is 15.3 Å². The number of aliphatic hydroxyl groups excluding tert-OH is 1. The molecule has 0 fully saturated rings. The van der Waals surface area contributed by atoms with Gasteiger partial charge >= 0.3 is 0 Å². The Kier molecular flexibility index (Phi) is 12.8. The van der Waals surface area contributed by atoms with Crippen LogP contribution in [0, 0.1) is 22.1 Å². The van der Waals surface area contributed by atoms with Crippen molar-refractivity contribution in [2.24, 2.45) is 5.84 Å². The molecule has 0 saturated carbocycles. The quantitative estimate of drug-likeness (QED) is 0.0933. The Morgan fingerprint density at radius 1 is 0.929 bits per heavy atom. The predicted molar refractivity (Wildman–Crippen MR) is 169 cm³/mol. The van der Waals surface area contributed by atoms with Gasteiger partial charge in [0.05, 0.1) is 12.1 Å². The molecule has 2 amide bonds. The molecule has 42 heavy (non-hydrogen) atoms. The number of carbonyl (C=O) groups excluding carboxylic acids is 2. The van der Waals surface area contributed by atoms with Gasteiger partial charge in [-0.05, 0) is 108 Å². The van der Waals surface area contributed by atoms with Gasteiger partial charge in [0.1, 0.15) is 11.6 Å². The first-order valence-electron chi connectivity index (χ1n) is 14.1. The molecule has 3 rings (SSSR count). The third-order valence-corrected chi connectivity index (χ3v) is 7.49. The summed E-state index contributed by atoms with van der Waals surface area (Å²) in [7, 11) is 0. The van der Waals surface area contributed by atoms with Crippen LogP contribution < -0.4 is 11.2 Å². The summed E-state index contributed by atoms with van der Waals surface area (Å²) in [5.74, 6) is 4.03. The molecule has 0 radical (unpaired) electrons. The Morgan fingerprint density at radius 3 is 2.14 bits per heavy atom. The molecule has 0 aromatic heterocycles. The number of hydrazine groups is 1. The average molecular weight is 693 g/mol. The number of hydrogen-bond acceptors (Lipinski definition) is 5. The second kappa shape index (κ2) is 16.1. The molecule has 0 saturated heterocycles. The van der Waals surface area contributed by atoms with Gasteiger partial charge in [0.2, 0.25) is 0 Å². The van der Waals surface area contributed by atoms with E-state index in [0.29, 0.717) is 30.8 Å². The summed E-state index contributed by atoms with van der Waals surface area (Å²) >= 11 is 2.22. The third-order valence-electron chi connectivity index (χ3n) is 6.82. The van der Waals surface area contributed by atoms with Crippen molar-refractivity contribution in [3.63, 3.8) is 0 Å². The molecule has 0 aliphatic carbocycles. The van der Waals surface area contributed by atoms with Gasteiger partial charge in [-0.1, -0.05) is 26.0 Å². The second-order valence-corrected chi connectivity index (χ2v) is 11.7. The van der Waals surface area contributed by atoms with Crippen LogP contribution >= 0.6 is 22.6 Å². The topological polar surface area (TPSA) is 98.9 Å². The molecule has 0 aliphatic heterocycles. The monoisotopic (exact) mass is 692 g/mol. The lowest BCUT2D eigenvalue weighted by Crippen LogP contribution is -2.54. The molecule has 0 bridgehead atoms. The number of hydrogen-bond donors (Lipinski definition) is 3. The summed E-state index contributed by atoms with van der Waals surface area (Å²) in [6.45, 7) is 7.51. The molecule has 3 aromatic carbocycles. The number of aliphatic hydroxyl groups is 1. The van der Waals surface area contributed by atoms with Crippen molar-refractivity contribution in [1.82, 2.24) is 15.2 Å². The fraction of sp³-hybridized carbons (Fsp3) is 0.375. The highest BCUT2D eigenvalue weighted by Gasteiger charge is 2.30. The van der Waals surface area contributed by atoms with Crippen molar-refractivity contribution in [3.05, 3.63) is 104 Å².